The molecule has 0 saturated carbocycles. The van der Waals surface area contributed by atoms with E-state index in [-0.39, 0.29) is 11.4 Å². The van der Waals surface area contributed by atoms with Crippen LogP contribution < -0.4 is 10.6 Å². The number of carbonyl (C=O) groups excluding carboxylic acids is 4. The number of pyridine rings is 1. The van der Waals surface area contributed by atoms with Crippen molar-refractivity contribution in [2.45, 2.75) is 26.9 Å². The number of esters is 2. The minimum absolute atomic E-state index is 0.167. The second kappa shape index (κ2) is 12.8. The molecule has 0 aliphatic heterocycles. The van der Waals surface area contributed by atoms with Crippen LogP contribution in [0.5, 0.6) is 0 Å². The van der Waals surface area contributed by atoms with Crippen LogP contribution in [0.15, 0.2) is 66.7 Å². The standard InChI is InChI=1S/C27H27N3O6/c1-18-6-10-20(11-7-18)14-28-24(31)16-35-26(33)22-4-3-5-23(30-22)27(34)36-17-25(32)29-15-21-12-8-19(2)9-13-21/h3-13H,14-17H2,1-2H3,(H,28,31)(H,29,32). The minimum atomic E-state index is -0.869. The number of aromatic nitrogens is 1. The fourth-order valence-corrected chi connectivity index (χ4v) is 2.99. The molecule has 0 atom stereocenters. The van der Waals surface area contributed by atoms with Gasteiger partial charge in [-0.3, -0.25) is 9.59 Å². The zero-order chi connectivity index (χ0) is 25.9. The molecule has 36 heavy (non-hydrogen) atoms. The van der Waals surface area contributed by atoms with Crippen LogP contribution in [0.1, 0.15) is 43.2 Å². The van der Waals surface area contributed by atoms with Crippen LogP contribution in [-0.2, 0) is 32.2 Å². The number of hydrogen-bond acceptors (Lipinski definition) is 7. The molecule has 9 nitrogen and oxygen atoms in total. The van der Waals surface area contributed by atoms with Crippen molar-refractivity contribution in [1.82, 2.24) is 15.6 Å². The summed E-state index contributed by atoms with van der Waals surface area (Å²) in [6.45, 7) is 3.54. The SMILES string of the molecule is Cc1ccc(CNC(=O)COC(=O)c2cccc(C(=O)OCC(=O)NCc3ccc(C)cc3)n2)cc1. The molecule has 186 valence electrons. The average molecular weight is 490 g/mol. The van der Waals surface area contributed by atoms with Gasteiger partial charge in [0.25, 0.3) is 11.8 Å². The third-order valence-corrected chi connectivity index (χ3v) is 5.06. The molecule has 0 spiro atoms. The van der Waals surface area contributed by atoms with Crippen LogP contribution in [0, 0.1) is 13.8 Å². The highest BCUT2D eigenvalue weighted by Gasteiger charge is 2.16. The molecule has 3 rings (SSSR count). The van der Waals surface area contributed by atoms with Gasteiger partial charge in [0.2, 0.25) is 0 Å². The molecule has 1 aromatic heterocycles. The van der Waals surface area contributed by atoms with Crippen molar-refractivity contribution in [3.8, 4) is 0 Å². The van der Waals surface area contributed by atoms with E-state index in [0.717, 1.165) is 22.3 Å². The first-order chi connectivity index (χ1) is 17.3. The molecule has 0 unspecified atom stereocenters. The van der Waals surface area contributed by atoms with Gasteiger partial charge in [0.15, 0.2) is 13.2 Å². The van der Waals surface area contributed by atoms with Crippen LogP contribution in [0.3, 0.4) is 0 Å². The summed E-state index contributed by atoms with van der Waals surface area (Å²) >= 11 is 0. The summed E-state index contributed by atoms with van der Waals surface area (Å²) in [6.07, 6.45) is 0. The Kier molecular flexibility index (Phi) is 9.27. The minimum Gasteiger partial charge on any atom is -0.451 e. The van der Waals surface area contributed by atoms with Crippen molar-refractivity contribution in [3.63, 3.8) is 0 Å². The number of benzene rings is 2. The van der Waals surface area contributed by atoms with Gasteiger partial charge >= 0.3 is 11.9 Å². The summed E-state index contributed by atoms with van der Waals surface area (Å²) in [5.41, 5.74) is 3.71. The fourth-order valence-electron chi connectivity index (χ4n) is 2.99. The maximum Gasteiger partial charge on any atom is 0.357 e. The molecule has 2 aromatic carbocycles. The lowest BCUT2D eigenvalue weighted by atomic mass is 10.1. The third-order valence-electron chi connectivity index (χ3n) is 5.06. The van der Waals surface area contributed by atoms with Gasteiger partial charge in [0.05, 0.1) is 0 Å². The zero-order valence-corrected chi connectivity index (χ0v) is 20.1. The van der Waals surface area contributed by atoms with E-state index >= 15 is 0 Å². The van der Waals surface area contributed by atoms with Gasteiger partial charge in [-0.15, -0.1) is 0 Å². The largest absolute Gasteiger partial charge is 0.451 e. The summed E-state index contributed by atoms with van der Waals surface area (Å²) in [7, 11) is 0. The average Bonchev–Trinajstić information content (AvgIpc) is 2.89. The van der Waals surface area contributed by atoms with E-state index < -0.39 is 37.0 Å². The Labute approximate surface area is 208 Å². The third kappa shape index (κ3) is 8.35. The van der Waals surface area contributed by atoms with Gasteiger partial charge < -0.3 is 20.1 Å². The maximum atomic E-state index is 12.3. The van der Waals surface area contributed by atoms with E-state index in [0.29, 0.717) is 13.1 Å². The van der Waals surface area contributed by atoms with Crippen molar-refractivity contribution < 1.29 is 28.7 Å². The number of nitrogens with one attached hydrogen (secondary N) is 2. The molecule has 2 N–H and O–H groups in total. The molecule has 1 heterocycles. The van der Waals surface area contributed by atoms with Gasteiger partial charge in [0, 0.05) is 13.1 Å². The van der Waals surface area contributed by atoms with Gasteiger partial charge in [-0.1, -0.05) is 65.7 Å². The van der Waals surface area contributed by atoms with E-state index in [1.165, 1.54) is 18.2 Å². The molecule has 0 saturated heterocycles. The van der Waals surface area contributed by atoms with E-state index in [2.05, 4.69) is 15.6 Å². The van der Waals surface area contributed by atoms with Crippen molar-refractivity contribution in [1.29, 1.82) is 0 Å². The number of amides is 2. The van der Waals surface area contributed by atoms with Gasteiger partial charge in [-0.05, 0) is 37.1 Å². The second-order valence-electron chi connectivity index (χ2n) is 8.08. The molecular formula is C27H27N3O6. The van der Waals surface area contributed by atoms with Crippen molar-refractivity contribution in [3.05, 3.63) is 100 Å². The lowest BCUT2D eigenvalue weighted by Gasteiger charge is -2.08. The van der Waals surface area contributed by atoms with Crippen molar-refractivity contribution >= 4 is 23.8 Å². The summed E-state index contributed by atoms with van der Waals surface area (Å²) in [5, 5.41) is 5.31. The monoisotopic (exact) mass is 489 g/mol. The number of rotatable bonds is 10. The van der Waals surface area contributed by atoms with Crippen LogP contribution in [0.2, 0.25) is 0 Å². The summed E-state index contributed by atoms with van der Waals surface area (Å²) < 4.78 is 9.96. The zero-order valence-electron chi connectivity index (χ0n) is 20.1. The molecule has 0 aliphatic carbocycles. The number of aryl methyl sites for hydroxylation is 2. The molecule has 0 radical (unpaired) electrons. The molecular weight excluding hydrogens is 462 g/mol. The summed E-state index contributed by atoms with van der Waals surface area (Å²) in [5.74, 6) is -2.69. The Balaban J connectivity index is 1.42. The van der Waals surface area contributed by atoms with E-state index in [1.54, 1.807) is 0 Å². The van der Waals surface area contributed by atoms with Crippen LogP contribution >= 0.6 is 0 Å². The van der Waals surface area contributed by atoms with E-state index in [4.69, 9.17) is 9.47 Å². The Bertz CT molecular complexity index is 1130. The van der Waals surface area contributed by atoms with E-state index in [9.17, 15) is 19.2 Å². The molecule has 0 bridgehead atoms. The molecule has 0 aliphatic rings. The second-order valence-corrected chi connectivity index (χ2v) is 8.08. The Hall–Kier alpha value is -4.53. The molecule has 0 fully saturated rings. The summed E-state index contributed by atoms with van der Waals surface area (Å²) in [6, 6.07) is 19.4. The van der Waals surface area contributed by atoms with Gasteiger partial charge in [0.1, 0.15) is 11.4 Å². The fraction of sp³-hybridized carbons (Fsp3) is 0.222. The number of hydrogen-bond donors (Lipinski definition) is 2. The summed E-state index contributed by atoms with van der Waals surface area (Å²) in [4.78, 5) is 52.4. The van der Waals surface area contributed by atoms with Crippen molar-refractivity contribution in [2.75, 3.05) is 13.2 Å². The number of nitrogens with zero attached hydrogens (tertiary/aromatic N) is 1. The topological polar surface area (TPSA) is 124 Å². The van der Waals surface area contributed by atoms with Gasteiger partial charge in [-0.25, -0.2) is 14.6 Å². The van der Waals surface area contributed by atoms with Gasteiger partial charge in [-0.2, -0.15) is 0 Å². The Morgan fingerprint density at radius 2 is 1.03 bits per heavy atom. The van der Waals surface area contributed by atoms with Crippen LogP contribution in [0.25, 0.3) is 0 Å². The Morgan fingerprint density at radius 3 is 1.42 bits per heavy atom. The van der Waals surface area contributed by atoms with Crippen molar-refractivity contribution in [2.24, 2.45) is 0 Å². The number of carbonyl (C=O) groups is 4. The van der Waals surface area contributed by atoms with Crippen LogP contribution in [-0.4, -0.2) is 42.0 Å². The first-order valence-corrected chi connectivity index (χ1v) is 11.3. The highest BCUT2D eigenvalue weighted by atomic mass is 16.5. The normalized spacial score (nSPS) is 10.3. The highest BCUT2D eigenvalue weighted by Crippen LogP contribution is 2.05. The van der Waals surface area contributed by atoms with E-state index in [1.807, 2.05) is 62.4 Å². The molecule has 2 amide bonds. The number of ether oxygens (including phenoxy) is 2. The first-order valence-electron chi connectivity index (χ1n) is 11.3. The predicted octanol–water partition coefficient (Wildman–Crippen LogP) is 2.64. The molecule has 3 aromatic rings. The first kappa shape index (κ1) is 26.1. The highest BCUT2D eigenvalue weighted by molar-refractivity contribution is 5.93. The maximum absolute atomic E-state index is 12.3. The lowest BCUT2D eigenvalue weighted by molar-refractivity contribution is -0.125. The predicted molar refractivity (Wildman–Crippen MR) is 131 cm³/mol. The quantitative estimate of drug-likeness (QED) is 0.420. The van der Waals surface area contributed by atoms with Crippen LogP contribution in [0.4, 0.5) is 0 Å². The molecule has 9 heteroatoms. The smallest absolute Gasteiger partial charge is 0.357 e. The lowest BCUT2D eigenvalue weighted by Crippen LogP contribution is -2.29. The Morgan fingerprint density at radius 1 is 0.639 bits per heavy atom.